The monoisotopic (exact) mass is 319 g/mol. The first-order chi connectivity index (χ1) is 10.5. The first-order valence-corrected chi connectivity index (χ1v) is 8.44. The van der Waals surface area contributed by atoms with Gasteiger partial charge in [-0.05, 0) is 6.42 Å². The highest BCUT2D eigenvalue weighted by Gasteiger charge is 2.16. The molecule has 0 aromatic carbocycles. The van der Waals surface area contributed by atoms with Gasteiger partial charge in [0.2, 0.25) is 0 Å². The van der Waals surface area contributed by atoms with Crippen LogP contribution in [0.1, 0.15) is 64.7 Å². The summed E-state index contributed by atoms with van der Waals surface area (Å²) < 4.78 is 0. The molecule has 0 aromatic rings. The molecule has 0 aliphatic carbocycles. The van der Waals surface area contributed by atoms with E-state index in [9.17, 15) is 9.90 Å². The first kappa shape index (κ1) is 21.3. The van der Waals surface area contributed by atoms with E-state index < -0.39 is 18.4 Å². The van der Waals surface area contributed by atoms with Gasteiger partial charge >= 0.3 is 5.97 Å². The number of carboxylic acid groups (broad SMARTS) is 1. The van der Waals surface area contributed by atoms with E-state index in [1.807, 2.05) is 0 Å². The molecule has 0 rings (SSSR count). The molecule has 6 heteroatoms. The quantitative estimate of drug-likeness (QED) is 0.270. The SMILES string of the molecule is CCCCCCCCCCC(O)CN(CC(=O)O)CC(O)O. The third-order valence-electron chi connectivity index (χ3n) is 3.64. The molecule has 22 heavy (non-hydrogen) atoms. The molecule has 0 saturated carbocycles. The number of aliphatic carboxylic acids is 1. The maximum Gasteiger partial charge on any atom is 0.317 e. The summed E-state index contributed by atoms with van der Waals surface area (Å²) in [7, 11) is 0. The number of unbranched alkanes of at least 4 members (excludes halogenated alkanes) is 7. The van der Waals surface area contributed by atoms with Gasteiger partial charge in [-0.3, -0.25) is 9.69 Å². The van der Waals surface area contributed by atoms with Gasteiger partial charge < -0.3 is 20.4 Å². The highest BCUT2D eigenvalue weighted by Crippen LogP contribution is 2.11. The van der Waals surface area contributed by atoms with Crippen LogP contribution >= 0.6 is 0 Å². The molecular weight excluding hydrogens is 286 g/mol. The van der Waals surface area contributed by atoms with E-state index in [4.69, 9.17) is 15.3 Å². The highest BCUT2D eigenvalue weighted by atomic mass is 16.5. The first-order valence-electron chi connectivity index (χ1n) is 8.44. The van der Waals surface area contributed by atoms with Gasteiger partial charge in [-0.1, -0.05) is 58.3 Å². The Morgan fingerprint density at radius 1 is 0.909 bits per heavy atom. The Morgan fingerprint density at radius 3 is 1.95 bits per heavy atom. The molecule has 6 nitrogen and oxygen atoms in total. The zero-order valence-corrected chi connectivity index (χ0v) is 13.8. The molecule has 1 atom stereocenters. The molecule has 0 heterocycles. The average molecular weight is 319 g/mol. The van der Waals surface area contributed by atoms with Gasteiger partial charge in [0.1, 0.15) is 0 Å². The number of carbonyl (C=O) groups is 1. The van der Waals surface area contributed by atoms with Gasteiger partial charge in [0, 0.05) is 13.1 Å². The van der Waals surface area contributed by atoms with E-state index >= 15 is 0 Å². The molecule has 0 aliphatic heterocycles. The summed E-state index contributed by atoms with van der Waals surface area (Å²) in [6.07, 6.45) is 7.92. The summed E-state index contributed by atoms with van der Waals surface area (Å²) in [4.78, 5) is 12.0. The van der Waals surface area contributed by atoms with E-state index in [2.05, 4.69) is 6.92 Å². The molecule has 0 amide bonds. The fourth-order valence-electron chi connectivity index (χ4n) is 2.53. The van der Waals surface area contributed by atoms with Crippen LogP contribution in [0.5, 0.6) is 0 Å². The van der Waals surface area contributed by atoms with Crippen molar-refractivity contribution in [3.05, 3.63) is 0 Å². The lowest BCUT2D eigenvalue weighted by Crippen LogP contribution is -2.41. The predicted octanol–water partition coefficient (Wildman–Crippen LogP) is 1.58. The Morgan fingerprint density at radius 2 is 1.45 bits per heavy atom. The normalized spacial score (nSPS) is 13.0. The number of hydrogen-bond donors (Lipinski definition) is 4. The highest BCUT2D eigenvalue weighted by molar-refractivity contribution is 5.69. The fourth-order valence-corrected chi connectivity index (χ4v) is 2.53. The van der Waals surface area contributed by atoms with Gasteiger partial charge in [0.05, 0.1) is 12.6 Å². The van der Waals surface area contributed by atoms with Crippen LogP contribution in [0.25, 0.3) is 0 Å². The van der Waals surface area contributed by atoms with Crippen LogP contribution in [0.3, 0.4) is 0 Å². The van der Waals surface area contributed by atoms with Crippen molar-refractivity contribution in [3.8, 4) is 0 Å². The number of rotatable bonds is 15. The average Bonchev–Trinajstić information content (AvgIpc) is 2.40. The van der Waals surface area contributed by atoms with Gasteiger partial charge in [-0.25, -0.2) is 0 Å². The Labute approximate surface area is 133 Å². The lowest BCUT2D eigenvalue weighted by atomic mass is 10.1. The van der Waals surface area contributed by atoms with E-state index in [0.29, 0.717) is 6.42 Å². The molecule has 0 bridgehead atoms. The number of nitrogens with zero attached hydrogens (tertiary/aromatic N) is 1. The Bertz CT molecular complexity index is 273. The van der Waals surface area contributed by atoms with Crippen molar-refractivity contribution in [2.45, 2.75) is 77.1 Å². The molecule has 0 spiro atoms. The van der Waals surface area contributed by atoms with E-state index in [1.54, 1.807) is 0 Å². The third-order valence-corrected chi connectivity index (χ3v) is 3.64. The summed E-state index contributed by atoms with van der Waals surface area (Å²) in [6, 6.07) is 0. The lowest BCUT2D eigenvalue weighted by Gasteiger charge is -2.24. The van der Waals surface area contributed by atoms with Crippen LogP contribution in [0, 0.1) is 0 Å². The second-order valence-corrected chi connectivity index (χ2v) is 5.99. The van der Waals surface area contributed by atoms with E-state index in [-0.39, 0.29) is 19.6 Å². The zero-order valence-electron chi connectivity index (χ0n) is 13.8. The standard InChI is InChI=1S/C16H33NO5/c1-2-3-4-5-6-7-8-9-10-14(18)11-17(12-15(19)20)13-16(21)22/h14-15,18-20H,2-13H2,1H3,(H,21,22). The van der Waals surface area contributed by atoms with Crippen molar-refractivity contribution in [3.63, 3.8) is 0 Å². The van der Waals surface area contributed by atoms with Crippen molar-refractivity contribution in [2.24, 2.45) is 0 Å². The number of aliphatic hydroxyl groups is 3. The van der Waals surface area contributed by atoms with Gasteiger partial charge in [0.25, 0.3) is 0 Å². The largest absolute Gasteiger partial charge is 0.480 e. The summed E-state index contributed by atoms with van der Waals surface area (Å²) >= 11 is 0. The van der Waals surface area contributed by atoms with Crippen LogP contribution in [-0.2, 0) is 4.79 Å². The van der Waals surface area contributed by atoms with Gasteiger partial charge in [0.15, 0.2) is 6.29 Å². The fraction of sp³-hybridized carbons (Fsp3) is 0.938. The van der Waals surface area contributed by atoms with Crippen LogP contribution in [-0.4, -0.2) is 63.3 Å². The minimum atomic E-state index is -1.59. The van der Waals surface area contributed by atoms with E-state index in [0.717, 1.165) is 12.8 Å². The van der Waals surface area contributed by atoms with Crippen molar-refractivity contribution in [1.82, 2.24) is 4.90 Å². The summed E-state index contributed by atoms with van der Waals surface area (Å²) in [5.74, 6) is -1.04. The second-order valence-electron chi connectivity index (χ2n) is 5.99. The maximum absolute atomic E-state index is 10.7. The van der Waals surface area contributed by atoms with Crippen LogP contribution in [0.4, 0.5) is 0 Å². The maximum atomic E-state index is 10.7. The molecule has 0 saturated heterocycles. The van der Waals surface area contributed by atoms with Gasteiger partial charge in [-0.15, -0.1) is 0 Å². The molecule has 4 N–H and O–H groups in total. The molecule has 0 aromatic heterocycles. The molecule has 0 aliphatic rings. The van der Waals surface area contributed by atoms with Crippen molar-refractivity contribution in [2.75, 3.05) is 19.6 Å². The van der Waals surface area contributed by atoms with Gasteiger partial charge in [-0.2, -0.15) is 0 Å². The molecule has 1 unspecified atom stereocenters. The third kappa shape index (κ3) is 14.3. The number of hydrogen-bond acceptors (Lipinski definition) is 5. The van der Waals surface area contributed by atoms with Crippen LogP contribution < -0.4 is 0 Å². The van der Waals surface area contributed by atoms with Crippen LogP contribution in [0.2, 0.25) is 0 Å². The Balaban J connectivity index is 3.71. The summed E-state index contributed by atoms with van der Waals surface area (Å²) in [6.45, 7) is 1.89. The Kier molecular flexibility index (Phi) is 13.5. The minimum Gasteiger partial charge on any atom is -0.480 e. The smallest absolute Gasteiger partial charge is 0.317 e. The van der Waals surface area contributed by atoms with Crippen molar-refractivity contribution < 1.29 is 25.2 Å². The summed E-state index contributed by atoms with van der Waals surface area (Å²) in [5.41, 5.74) is 0. The predicted molar refractivity (Wildman–Crippen MR) is 85.5 cm³/mol. The molecule has 0 radical (unpaired) electrons. The molecular formula is C16H33NO5. The number of aliphatic hydroxyl groups excluding tert-OH is 2. The molecule has 0 fully saturated rings. The topological polar surface area (TPSA) is 101 Å². The summed E-state index contributed by atoms with van der Waals surface area (Å²) in [5, 5.41) is 36.5. The molecule has 132 valence electrons. The lowest BCUT2D eigenvalue weighted by molar-refractivity contribution is -0.140. The van der Waals surface area contributed by atoms with Crippen molar-refractivity contribution in [1.29, 1.82) is 0 Å². The second kappa shape index (κ2) is 13.9. The van der Waals surface area contributed by atoms with Crippen molar-refractivity contribution >= 4 is 5.97 Å². The zero-order chi connectivity index (χ0) is 16.8. The van der Waals surface area contributed by atoms with E-state index in [1.165, 1.54) is 43.4 Å². The number of carboxylic acids is 1. The Hall–Kier alpha value is -0.690. The van der Waals surface area contributed by atoms with Crippen LogP contribution in [0.15, 0.2) is 0 Å². The minimum absolute atomic E-state index is 0.153.